The molecule has 0 aromatic rings. The Kier molecular flexibility index (Phi) is 19.1. The molecule has 0 atom stereocenters. The summed E-state index contributed by atoms with van der Waals surface area (Å²) in [5, 5.41) is 3.22. The van der Waals surface area contributed by atoms with E-state index in [1.54, 1.807) is 0 Å². The lowest BCUT2D eigenvalue weighted by atomic mass is 10.1. The van der Waals surface area contributed by atoms with Crippen LogP contribution in [0.2, 0.25) is 0 Å². The minimum atomic E-state index is -3.79. The normalized spacial score (nSPS) is 12.2. The van der Waals surface area contributed by atoms with Gasteiger partial charge in [0.2, 0.25) is 0 Å². The van der Waals surface area contributed by atoms with Crippen molar-refractivity contribution in [1.82, 2.24) is 5.32 Å². The third kappa shape index (κ3) is 23.6. The first-order valence-electron chi connectivity index (χ1n) is 10.9. The molecular formula is C21H43NO3S. The highest BCUT2D eigenvalue weighted by Gasteiger charge is 2.02. The van der Waals surface area contributed by atoms with Crippen LogP contribution in [0.3, 0.4) is 0 Å². The van der Waals surface area contributed by atoms with E-state index >= 15 is 0 Å². The van der Waals surface area contributed by atoms with Gasteiger partial charge in [-0.05, 0) is 51.6 Å². The van der Waals surface area contributed by atoms with Crippen LogP contribution < -0.4 is 5.32 Å². The fourth-order valence-electron chi connectivity index (χ4n) is 3.00. The van der Waals surface area contributed by atoms with Crippen molar-refractivity contribution in [2.45, 2.75) is 103 Å². The highest BCUT2D eigenvalue weighted by atomic mass is 32.2. The molecule has 0 rings (SSSR count). The summed E-state index contributed by atoms with van der Waals surface area (Å²) in [5.74, 6) is -0.145. The van der Waals surface area contributed by atoms with Gasteiger partial charge in [0.25, 0.3) is 10.1 Å². The van der Waals surface area contributed by atoms with Crippen LogP contribution in [-0.2, 0) is 10.1 Å². The molecule has 0 fully saturated rings. The van der Waals surface area contributed by atoms with E-state index in [0.29, 0.717) is 13.0 Å². The van der Waals surface area contributed by atoms with Crippen LogP contribution in [-0.4, -0.2) is 31.8 Å². The van der Waals surface area contributed by atoms with Gasteiger partial charge in [-0.25, -0.2) is 0 Å². The molecule has 0 heterocycles. The second-order valence-electron chi connectivity index (χ2n) is 7.33. The van der Waals surface area contributed by atoms with E-state index in [2.05, 4.69) is 24.4 Å². The maximum Gasteiger partial charge on any atom is 0.264 e. The van der Waals surface area contributed by atoms with Crippen molar-refractivity contribution in [3.63, 3.8) is 0 Å². The van der Waals surface area contributed by atoms with Gasteiger partial charge in [-0.3, -0.25) is 4.55 Å². The predicted octanol–water partition coefficient (Wildman–Crippen LogP) is 5.89. The Bertz CT molecular complexity index is 407. The highest BCUT2D eigenvalue weighted by Crippen LogP contribution is 2.09. The number of nitrogens with one attached hydrogen (secondary N) is 1. The zero-order valence-corrected chi connectivity index (χ0v) is 17.9. The summed E-state index contributed by atoms with van der Waals surface area (Å²) in [6.45, 7) is 3.86. The Hall–Kier alpha value is -0.390. The second-order valence-corrected chi connectivity index (χ2v) is 8.90. The first-order chi connectivity index (χ1) is 12.6. The van der Waals surface area contributed by atoms with Gasteiger partial charge >= 0.3 is 0 Å². The van der Waals surface area contributed by atoms with Crippen molar-refractivity contribution in [2.75, 3.05) is 18.8 Å². The van der Waals surface area contributed by atoms with Crippen LogP contribution in [0.1, 0.15) is 103 Å². The van der Waals surface area contributed by atoms with Gasteiger partial charge < -0.3 is 5.32 Å². The van der Waals surface area contributed by atoms with E-state index in [1.165, 1.54) is 83.5 Å². The zero-order valence-electron chi connectivity index (χ0n) is 17.1. The molecule has 4 nitrogen and oxygen atoms in total. The number of unbranched alkanes of at least 4 members (excludes halogenated alkanes) is 12. The van der Waals surface area contributed by atoms with Crippen LogP contribution in [0.15, 0.2) is 12.2 Å². The van der Waals surface area contributed by atoms with Gasteiger partial charge in [0.1, 0.15) is 0 Å². The molecule has 156 valence electrons. The molecular weight excluding hydrogens is 346 g/mol. The maximum absolute atomic E-state index is 10.5. The van der Waals surface area contributed by atoms with E-state index in [0.717, 1.165) is 13.0 Å². The van der Waals surface area contributed by atoms with E-state index in [9.17, 15) is 8.42 Å². The second kappa shape index (κ2) is 19.4. The van der Waals surface area contributed by atoms with E-state index in [1.807, 2.05) is 0 Å². The Morgan fingerprint density at radius 3 is 1.69 bits per heavy atom. The van der Waals surface area contributed by atoms with Gasteiger partial charge in [-0.2, -0.15) is 8.42 Å². The van der Waals surface area contributed by atoms with Crippen molar-refractivity contribution in [3.05, 3.63) is 12.2 Å². The largest absolute Gasteiger partial charge is 0.317 e. The molecule has 26 heavy (non-hydrogen) atoms. The third-order valence-electron chi connectivity index (χ3n) is 4.62. The van der Waals surface area contributed by atoms with Gasteiger partial charge in [-0.1, -0.05) is 76.9 Å². The molecule has 5 heteroatoms. The monoisotopic (exact) mass is 389 g/mol. The number of hydrogen-bond acceptors (Lipinski definition) is 3. The zero-order chi connectivity index (χ0) is 19.3. The quantitative estimate of drug-likeness (QED) is 0.155. The smallest absolute Gasteiger partial charge is 0.264 e. The van der Waals surface area contributed by atoms with E-state index in [-0.39, 0.29) is 5.75 Å². The van der Waals surface area contributed by atoms with Crippen LogP contribution in [0, 0.1) is 0 Å². The Balaban J connectivity index is 3.12. The molecule has 0 saturated heterocycles. The van der Waals surface area contributed by atoms with Crippen molar-refractivity contribution < 1.29 is 13.0 Å². The lowest BCUT2D eigenvalue weighted by molar-refractivity contribution is 0.479. The number of allylic oxidation sites excluding steroid dienone is 2. The van der Waals surface area contributed by atoms with E-state index < -0.39 is 10.1 Å². The summed E-state index contributed by atoms with van der Waals surface area (Å²) in [6, 6.07) is 0. The molecule has 0 aliphatic heterocycles. The molecule has 0 aliphatic carbocycles. The lowest BCUT2D eigenvalue weighted by Gasteiger charge is -2.04. The highest BCUT2D eigenvalue weighted by molar-refractivity contribution is 7.85. The molecule has 0 aliphatic rings. The Morgan fingerprint density at radius 2 is 1.15 bits per heavy atom. The first-order valence-corrected chi connectivity index (χ1v) is 12.5. The van der Waals surface area contributed by atoms with Crippen molar-refractivity contribution in [2.24, 2.45) is 0 Å². The van der Waals surface area contributed by atoms with E-state index in [4.69, 9.17) is 4.55 Å². The van der Waals surface area contributed by atoms with Crippen molar-refractivity contribution in [1.29, 1.82) is 0 Å². The van der Waals surface area contributed by atoms with Crippen molar-refractivity contribution >= 4 is 10.1 Å². The SMILES string of the molecule is CCCCCCCCC=CCCCCCCCCNCCCS(=O)(=O)O. The number of hydrogen-bond donors (Lipinski definition) is 2. The summed E-state index contributed by atoms with van der Waals surface area (Å²) in [6.07, 6.45) is 23.6. The average Bonchev–Trinajstić information content (AvgIpc) is 2.59. The minimum Gasteiger partial charge on any atom is -0.317 e. The summed E-state index contributed by atoms with van der Waals surface area (Å²) < 4.78 is 29.7. The lowest BCUT2D eigenvalue weighted by Crippen LogP contribution is -2.19. The standard InChI is InChI=1S/C21H43NO3S/c1-2-3-4-5-6-7-8-9-10-11-12-13-14-15-16-17-19-22-20-18-21-26(23,24)25/h9-10,22H,2-8,11-21H2,1H3,(H,23,24,25). The summed E-state index contributed by atoms with van der Waals surface area (Å²) in [4.78, 5) is 0. The molecule has 0 bridgehead atoms. The molecule has 0 radical (unpaired) electrons. The Labute approximate surface area is 163 Å². The topological polar surface area (TPSA) is 66.4 Å². The fourth-order valence-corrected chi connectivity index (χ4v) is 3.51. The summed E-state index contributed by atoms with van der Waals surface area (Å²) >= 11 is 0. The summed E-state index contributed by atoms with van der Waals surface area (Å²) in [5.41, 5.74) is 0. The Morgan fingerprint density at radius 1 is 0.692 bits per heavy atom. The van der Waals surface area contributed by atoms with Gasteiger partial charge in [0, 0.05) is 0 Å². The summed E-state index contributed by atoms with van der Waals surface area (Å²) in [7, 11) is -3.79. The van der Waals surface area contributed by atoms with Gasteiger partial charge in [0.15, 0.2) is 0 Å². The third-order valence-corrected chi connectivity index (χ3v) is 5.43. The molecule has 0 amide bonds. The molecule has 0 aromatic carbocycles. The first kappa shape index (κ1) is 25.6. The molecule has 0 saturated carbocycles. The van der Waals surface area contributed by atoms with Crippen LogP contribution >= 0.6 is 0 Å². The molecule has 0 unspecified atom stereocenters. The minimum absolute atomic E-state index is 0.145. The van der Waals surface area contributed by atoms with Crippen LogP contribution in [0.25, 0.3) is 0 Å². The molecule has 2 N–H and O–H groups in total. The predicted molar refractivity (Wildman–Crippen MR) is 113 cm³/mol. The average molecular weight is 390 g/mol. The number of rotatable bonds is 20. The van der Waals surface area contributed by atoms with Gasteiger partial charge in [-0.15, -0.1) is 0 Å². The fraction of sp³-hybridized carbons (Fsp3) is 0.905. The van der Waals surface area contributed by atoms with Gasteiger partial charge in [0.05, 0.1) is 5.75 Å². The van der Waals surface area contributed by atoms with Crippen LogP contribution in [0.5, 0.6) is 0 Å². The molecule has 0 aromatic heterocycles. The maximum atomic E-state index is 10.5. The van der Waals surface area contributed by atoms with Crippen molar-refractivity contribution in [3.8, 4) is 0 Å². The molecule has 0 spiro atoms. The van der Waals surface area contributed by atoms with Crippen LogP contribution in [0.4, 0.5) is 0 Å².